The molecule has 4 rings (SSSR count). The maximum atomic E-state index is 13.2. The standard InChI is InChI=1S/C21H25Cl2N3O4S/c22-17-6-5-16(11-18(17)23)31(29,30)26-10-8-24-21(28)19(26)12-20(27)25-9-7-14-3-1-2-4-15(14)13-25/h5-6,8,10-11,14-15,19H,1-4,7,9,12-13H2,(H,24,28)/t14-,15+,19+/m0/s1. The molecule has 2 aliphatic heterocycles. The van der Waals surface area contributed by atoms with Crippen molar-refractivity contribution in [1.82, 2.24) is 14.5 Å². The highest BCUT2D eigenvalue weighted by Crippen LogP contribution is 2.36. The number of halogens is 2. The molecule has 0 unspecified atom stereocenters. The third-order valence-electron chi connectivity index (χ3n) is 6.54. The summed E-state index contributed by atoms with van der Waals surface area (Å²) in [7, 11) is -4.11. The van der Waals surface area contributed by atoms with Gasteiger partial charge in [0, 0.05) is 25.5 Å². The van der Waals surface area contributed by atoms with E-state index in [1.165, 1.54) is 49.9 Å². The number of rotatable bonds is 4. The summed E-state index contributed by atoms with van der Waals surface area (Å²) < 4.78 is 27.4. The highest BCUT2D eigenvalue weighted by molar-refractivity contribution is 7.89. The number of hydrogen-bond acceptors (Lipinski definition) is 4. The summed E-state index contributed by atoms with van der Waals surface area (Å²) in [5.41, 5.74) is 0. The third-order valence-corrected chi connectivity index (χ3v) is 9.06. The quantitative estimate of drug-likeness (QED) is 0.707. The first-order valence-electron chi connectivity index (χ1n) is 10.5. The zero-order chi connectivity index (χ0) is 22.2. The zero-order valence-electron chi connectivity index (χ0n) is 17.0. The van der Waals surface area contributed by atoms with E-state index in [0.29, 0.717) is 24.9 Å². The smallest absolute Gasteiger partial charge is 0.264 e. The molecule has 1 saturated carbocycles. The molecule has 1 N–H and O–H groups in total. The Morgan fingerprint density at radius 1 is 1.10 bits per heavy atom. The van der Waals surface area contributed by atoms with Crippen molar-refractivity contribution in [2.24, 2.45) is 11.8 Å². The molecule has 10 heteroatoms. The first-order chi connectivity index (χ1) is 14.8. The number of fused-ring (bicyclic) bond motifs is 1. The monoisotopic (exact) mass is 485 g/mol. The molecule has 2 fully saturated rings. The number of nitrogens with zero attached hydrogens (tertiary/aromatic N) is 2. The lowest BCUT2D eigenvalue weighted by Crippen LogP contribution is -2.52. The van der Waals surface area contributed by atoms with Gasteiger partial charge < -0.3 is 10.2 Å². The van der Waals surface area contributed by atoms with Gasteiger partial charge in [-0.2, -0.15) is 0 Å². The molecular weight excluding hydrogens is 461 g/mol. The summed E-state index contributed by atoms with van der Waals surface area (Å²) >= 11 is 11.9. The van der Waals surface area contributed by atoms with E-state index < -0.39 is 22.0 Å². The number of carbonyl (C=O) groups is 2. The van der Waals surface area contributed by atoms with E-state index in [0.717, 1.165) is 17.1 Å². The summed E-state index contributed by atoms with van der Waals surface area (Å²) in [6.07, 6.45) is 8.07. The van der Waals surface area contributed by atoms with Gasteiger partial charge in [-0.3, -0.25) is 13.9 Å². The topological polar surface area (TPSA) is 86.8 Å². The molecule has 0 radical (unpaired) electrons. The third kappa shape index (κ3) is 4.56. The van der Waals surface area contributed by atoms with E-state index >= 15 is 0 Å². The average molecular weight is 486 g/mol. The van der Waals surface area contributed by atoms with Crippen molar-refractivity contribution in [2.75, 3.05) is 13.1 Å². The van der Waals surface area contributed by atoms with Crippen molar-refractivity contribution in [3.05, 3.63) is 40.6 Å². The zero-order valence-corrected chi connectivity index (χ0v) is 19.3. The minimum atomic E-state index is -4.11. The predicted molar refractivity (Wildman–Crippen MR) is 118 cm³/mol. The SMILES string of the molecule is O=C1NC=CN(S(=O)(=O)c2ccc(Cl)c(Cl)c2)[C@@H]1CC(=O)N1CC[C@@H]2CCCC[C@@H]2C1. The Morgan fingerprint density at radius 2 is 1.84 bits per heavy atom. The van der Waals surface area contributed by atoms with Gasteiger partial charge in [-0.1, -0.05) is 42.5 Å². The maximum Gasteiger partial charge on any atom is 0.264 e. The molecule has 3 aliphatic rings. The molecular formula is C21H25Cl2N3O4S. The highest BCUT2D eigenvalue weighted by Gasteiger charge is 2.39. The molecule has 2 amide bonds. The fourth-order valence-electron chi connectivity index (χ4n) is 4.82. The summed E-state index contributed by atoms with van der Waals surface area (Å²) in [5, 5.41) is 2.84. The number of piperidine rings is 1. The van der Waals surface area contributed by atoms with Gasteiger partial charge in [0.25, 0.3) is 10.0 Å². The highest BCUT2D eigenvalue weighted by atomic mass is 35.5. The summed E-state index contributed by atoms with van der Waals surface area (Å²) in [6.45, 7) is 1.34. The van der Waals surface area contributed by atoms with E-state index in [9.17, 15) is 18.0 Å². The summed E-state index contributed by atoms with van der Waals surface area (Å²) in [6, 6.07) is 2.79. The second kappa shape index (κ2) is 9.00. The number of benzene rings is 1. The first-order valence-corrected chi connectivity index (χ1v) is 12.7. The number of nitrogens with one attached hydrogen (secondary N) is 1. The van der Waals surface area contributed by atoms with E-state index in [2.05, 4.69) is 5.32 Å². The predicted octanol–water partition coefficient (Wildman–Crippen LogP) is 3.38. The lowest BCUT2D eigenvalue weighted by atomic mass is 9.75. The van der Waals surface area contributed by atoms with Crippen LogP contribution >= 0.6 is 23.2 Å². The van der Waals surface area contributed by atoms with Gasteiger partial charge >= 0.3 is 0 Å². The van der Waals surface area contributed by atoms with Gasteiger partial charge in [-0.15, -0.1) is 0 Å². The Hall–Kier alpha value is -1.77. The minimum Gasteiger partial charge on any atom is -0.342 e. The van der Waals surface area contributed by atoms with Crippen LogP contribution in [0.2, 0.25) is 10.0 Å². The van der Waals surface area contributed by atoms with Crippen LogP contribution in [0.5, 0.6) is 0 Å². The van der Waals surface area contributed by atoms with Crippen LogP contribution in [0.1, 0.15) is 38.5 Å². The lowest BCUT2D eigenvalue weighted by molar-refractivity contribution is -0.138. The second-order valence-corrected chi connectivity index (χ2v) is 11.0. The molecule has 1 aromatic rings. The Morgan fingerprint density at radius 3 is 2.58 bits per heavy atom. The number of likely N-dealkylation sites (tertiary alicyclic amines) is 1. The van der Waals surface area contributed by atoms with Crippen molar-refractivity contribution >= 4 is 45.0 Å². The van der Waals surface area contributed by atoms with Crippen LogP contribution in [0.3, 0.4) is 0 Å². The molecule has 0 bridgehead atoms. The average Bonchev–Trinajstić information content (AvgIpc) is 2.76. The van der Waals surface area contributed by atoms with Gasteiger partial charge in [-0.25, -0.2) is 8.42 Å². The Labute approximate surface area is 192 Å². The van der Waals surface area contributed by atoms with E-state index in [-0.39, 0.29) is 27.3 Å². The molecule has 7 nitrogen and oxygen atoms in total. The van der Waals surface area contributed by atoms with Crippen LogP contribution in [0, 0.1) is 11.8 Å². The fraction of sp³-hybridized carbons (Fsp3) is 0.524. The van der Waals surface area contributed by atoms with Gasteiger partial charge in [0.2, 0.25) is 11.8 Å². The molecule has 0 spiro atoms. The van der Waals surface area contributed by atoms with Crippen molar-refractivity contribution in [3.63, 3.8) is 0 Å². The largest absolute Gasteiger partial charge is 0.342 e. The minimum absolute atomic E-state index is 0.0937. The molecule has 1 aliphatic carbocycles. The fourth-order valence-corrected chi connectivity index (χ4v) is 6.66. The van der Waals surface area contributed by atoms with Gasteiger partial charge in [0.15, 0.2) is 0 Å². The van der Waals surface area contributed by atoms with Crippen LogP contribution in [-0.2, 0) is 19.6 Å². The van der Waals surface area contributed by atoms with Crippen LogP contribution in [0.15, 0.2) is 35.5 Å². The summed E-state index contributed by atoms with van der Waals surface area (Å²) in [4.78, 5) is 27.3. The molecule has 168 valence electrons. The van der Waals surface area contributed by atoms with Crippen LogP contribution < -0.4 is 5.32 Å². The van der Waals surface area contributed by atoms with Crippen molar-refractivity contribution < 1.29 is 18.0 Å². The van der Waals surface area contributed by atoms with E-state index in [1.807, 2.05) is 0 Å². The summed E-state index contributed by atoms with van der Waals surface area (Å²) in [5.74, 6) is 0.439. The van der Waals surface area contributed by atoms with Crippen molar-refractivity contribution in [3.8, 4) is 0 Å². The van der Waals surface area contributed by atoms with Crippen LogP contribution in [0.4, 0.5) is 0 Å². The van der Waals surface area contributed by atoms with Gasteiger partial charge in [0.05, 0.1) is 21.4 Å². The second-order valence-electron chi connectivity index (χ2n) is 8.39. The van der Waals surface area contributed by atoms with Gasteiger partial charge in [0.1, 0.15) is 6.04 Å². The Balaban J connectivity index is 1.53. The normalized spacial score (nSPS) is 26.4. The van der Waals surface area contributed by atoms with Crippen LogP contribution in [0.25, 0.3) is 0 Å². The molecule has 1 aromatic carbocycles. The van der Waals surface area contributed by atoms with Crippen molar-refractivity contribution in [2.45, 2.75) is 49.5 Å². The molecule has 31 heavy (non-hydrogen) atoms. The van der Waals surface area contributed by atoms with Crippen molar-refractivity contribution in [1.29, 1.82) is 0 Å². The molecule has 1 saturated heterocycles. The molecule has 2 heterocycles. The first kappa shape index (κ1) is 22.4. The van der Waals surface area contributed by atoms with E-state index in [1.54, 1.807) is 4.90 Å². The van der Waals surface area contributed by atoms with Gasteiger partial charge in [-0.05, 0) is 42.9 Å². The molecule has 3 atom stereocenters. The number of carbonyl (C=O) groups excluding carboxylic acids is 2. The number of amides is 2. The Kier molecular flexibility index (Phi) is 6.51. The number of hydrogen-bond donors (Lipinski definition) is 1. The number of sulfonamides is 1. The lowest BCUT2D eigenvalue weighted by Gasteiger charge is -2.42. The van der Waals surface area contributed by atoms with E-state index in [4.69, 9.17) is 23.2 Å². The van der Waals surface area contributed by atoms with Crippen LogP contribution in [-0.4, -0.2) is 48.6 Å². The Bertz CT molecular complexity index is 1010. The maximum absolute atomic E-state index is 13.2. The molecule has 0 aromatic heterocycles.